The lowest BCUT2D eigenvalue weighted by Gasteiger charge is -2.21. The van der Waals surface area contributed by atoms with E-state index in [2.05, 4.69) is 15.3 Å². The van der Waals surface area contributed by atoms with E-state index in [-0.39, 0.29) is 23.9 Å². The number of imidazole rings is 1. The molecule has 0 aliphatic heterocycles. The zero-order chi connectivity index (χ0) is 24.8. The molecule has 35 heavy (non-hydrogen) atoms. The molecule has 0 bridgehead atoms. The number of hydrogen-bond acceptors (Lipinski definition) is 5. The SMILES string of the molecule is O=C(OCc1ccccc1)c1ccc(NC(=O)[C@H](CC2CCCC2)n2cnc(C(F)(F)F)c2)nc1. The Morgan fingerprint density at radius 3 is 2.46 bits per heavy atom. The largest absolute Gasteiger partial charge is 0.457 e. The average molecular weight is 486 g/mol. The molecule has 10 heteroatoms. The highest BCUT2D eigenvalue weighted by molar-refractivity contribution is 5.94. The normalized spacial score (nSPS) is 15.1. The van der Waals surface area contributed by atoms with Crippen molar-refractivity contribution in [2.75, 3.05) is 5.32 Å². The highest BCUT2D eigenvalue weighted by atomic mass is 19.4. The van der Waals surface area contributed by atoms with E-state index >= 15 is 0 Å². The van der Waals surface area contributed by atoms with Gasteiger partial charge in [-0.05, 0) is 30.0 Å². The van der Waals surface area contributed by atoms with E-state index in [0.717, 1.165) is 43.8 Å². The average Bonchev–Trinajstić information content (AvgIpc) is 3.54. The number of ether oxygens (including phenoxy) is 1. The predicted molar refractivity (Wildman–Crippen MR) is 121 cm³/mol. The molecule has 1 saturated carbocycles. The third-order valence-corrected chi connectivity index (χ3v) is 6.05. The van der Waals surface area contributed by atoms with Gasteiger partial charge in [0.05, 0.1) is 11.9 Å². The first kappa shape index (κ1) is 24.4. The molecule has 1 amide bonds. The number of nitrogens with one attached hydrogen (secondary N) is 1. The summed E-state index contributed by atoms with van der Waals surface area (Å²) in [4.78, 5) is 32.9. The molecule has 0 spiro atoms. The Kier molecular flexibility index (Phi) is 7.48. The number of rotatable bonds is 8. The second kappa shape index (κ2) is 10.7. The van der Waals surface area contributed by atoms with Gasteiger partial charge in [-0.1, -0.05) is 56.0 Å². The maximum absolute atomic E-state index is 13.1. The number of carbonyl (C=O) groups excluding carboxylic acids is 2. The van der Waals surface area contributed by atoms with Crippen LogP contribution in [0.1, 0.15) is 59.8 Å². The van der Waals surface area contributed by atoms with Gasteiger partial charge in [0.15, 0.2) is 5.69 Å². The molecule has 1 N–H and O–H groups in total. The number of halogens is 3. The van der Waals surface area contributed by atoms with Crippen molar-refractivity contribution in [1.29, 1.82) is 0 Å². The standard InChI is InChI=1S/C25H25F3N4O3/c26-25(27,28)21-14-32(16-30-21)20(12-17-6-4-5-7-17)23(33)31-22-11-10-19(13-29-22)24(34)35-15-18-8-2-1-3-9-18/h1-3,8-11,13-14,16-17,20H,4-7,12,15H2,(H,29,31,33)/t20-/m0/s1. The summed E-state index contributed by atoms with van der Waals surface area (Å²) in [6.07, 6.45) is 2.95. The third-order valence-electron chi connectivity index (χ3n) is 6.05. The molecule has 2 aromatic heterocycles. The molecule has 2 heterocycles. The molecule has 0 unspecified atom stereocenters. The van der Waals surface area contributed by atoms with Crippen LogP contribution in [0.3, 0.4) is 0 Å². The summed E-state index contributed by atoms with van der Waals surface area (Å²) in [5.41, 5.74) is 0.0169. The Balaban J connectivity index is 1.42. The number of aromatic nitrogens is 3. The fourth-order valence-electron chi connectivity index (χ4n) is 4.18. The van der Waals surface area contributed by atoms with Crippen molar-refractivity contribution in [2.45, 2.75) is 50.9 Å². The van der Waals surface area contributed by atoms with E-state index in [9.17, 15) is 22.8 Å². The second-order valence-corrected chi connectivity index (χ2v) is 8.59. The topological polar surface area (TPSA) is 86.1 Å². The summed E-state index contributed by atoms with van der Waals surface area (Å²) < 4.78 is 45.6. The van der Waals surface area contributed by atoms with Gasteiger partial charge in [0, 0.05) is 12.4 Å². The maximum Gasteiger partial charge on any atom is 0.434 e. The van der Waals surface area contributed by atoms with Crippen LogP contribution in [0.5, 0.6) is 0 Å². The molecule has 0 radical (unpaired) electrons. The van der Waals surface area contributed by atoms with E-state index in [4.69, 9.17) is 4.74 Å². The summed E-state index contributed by atoms with van der Waals surface area (Å²) in [6, 6.07) is 11.3. The fraction of sp³-hybridized carbons (Fsp3) is 0.360. The van der Waals surface area contributed by atoms with Crippen molar-refractivity contribution in [3.8, 4) is 0 Å². The molecule has 4 rings (SSSR count). The minimum atomic E-state index is -4.59. The van der Waals surface area contributed by atoms with Gasteiger partial charge in [0.2, 0.25) is 5.91 Å². The molecule has 3 aromatic rings. The lowest BCUT2D eigenvalue weighted by molar-refractivity contribution is -0.141. The zero-order valence-corrected chi connectivity index (χ0v) is 18.9. The molecule has 7 nitrogen and oxygen atoms in total. The molecule has 1 aromatic carbocycles. The highest BCUT2D eigenvalue weighted by Crippen LogP contribution is 2.34. The minimum Gasteiger partial charge on any atom is -0.457 e. The van der Waals surface area contributed by atoms with Crippen LogP contribution in [-0.4, -0.2) is 26.4 Å². The Hall–Kier alpha value is -3.69. The number of alkyl halides is 3. The molecule has 1 fully saturated rings. The van der Waals surface area contributed by atoms with Crippen LogP contribution in [0.4, 0.5) is 19.0 Å². The molecule has 1 atom stereocenters. The molecule has 0 saturated heterocycles. The van der Waals surface area contributed by atoms with Crippen molar-refractivity contribution in [2.24, 2.45) is 5.92 Å². The van der Waals surface area contributed by atoms with Gasteiger partial charge in [-0.3, -0.25) is 4.79 Å². The first-order valence-corrected chi connectivity index (χ1v) is 11.4. The summed E-state index contributed by atoms with van der Waals surface area (Å²) in [5.74, 6) is -0.620. The van der Waals surface area contributed by atoms with Crippen molar-refractivity contribution in [3.05, 3.63) is 78.0 Å². The van der Waals surface area contributed by atoms with Crippen molar-refractivity contribution >= 4 is 17.7 Å². The smallest absolute Gasteiger partial charge is 0.434 e. The number of anilines is 1. The Bertz CT molecular complexity index is 1140. The maximum atomic E-state index is 13.1. The van der Waals surface area contributed by atoms with Gasteiger partial charge in [0.1, 0.15) is 18.5 Å². The lowest BCUT2D eigenvalue weighted by atomic mass is 9.97. The summed E-state index contributed by atoms with van der Waals surface area (Å²) >= 11 is 0. The minimum absolute atomic E-state index is 0.117. The first-order chi connectivity index (χ1) is 16.8. The van der Waals surface area contributed by atoms with Crippen molar-refractivity contribution < 1.29 is 27.5 Å². The lowest BCUT2D eigenvalue weighted by Crippen LogP contribution is -2.27. The van der Waals surface area contributed by atoms with Crippen LogP contribution in [-0.2, 0) is 22.3 Å². The van der Waals surface area contributed by atoms with Gasteiger partial charge >= 0.3 is 12.1 Å². The number of hydrogen-bond donors (Lipinski definition) is 1. The number of nitrogens with zero attached hydrogens (tertiary/aromatic N) is 3. The van der Waals surface area contributed by atoms with Gasteiger partial charge in [-0.2, -0.15) is 13.2 Å². The van der Waals surface area contributed by atoms with Crippen LogP contribution in [0.15, 0.2) is 61.2 Å². The first-order valence-electron chi connectivity index (χ1n) is 11.4. The molecular formula is C25H25F3N4O3. The van der Waals surface area contributed by atoms with Crippen LogP contribution < -0.4 is 5.32 Å². The van der Waals surface area contributed by atoms with Crippen molar-refractivity contribution in [1.82, 2.24) is 14.5 Å². The molecule has 1 aliphatic carbocycles. The van der Waals surface area contributed by atoms with Gasteiger partial charge in [0.25, 0.3) is 0 Å². The number of carbonyl (C=O) groups is 2. The van der Waals surface area contributed by atoms with Gasteiger partial charge in [-0.15, -0.1) is 0 Å². The Labute approximate surface area is 200 Å². The van der Waals surface area contributed by atoms with Crippen LogP contribution >= 0.6 is 0 Å². The highest BCUT2D eigenvalue weighted by Gasteiger charge is 2.35. The van der Waals surface area contributed by atoms with E-state index < -0.39 is 29.8 Å². The quantitative estimate of drug-likeness (QED) is 0.430. The van der Waals surface area contributed by atoms with Gasteiger partial charge in [-0.25, -0.2) is 14.8 Å². The molecule has 1 aliphatic rings. The Morgan fingerprint density at radius 2 is 1.83 bits per heavy atom. The fourth-order valence-corrected chi connectivity index (χ4v) is 4.18. The van der Waals surface area contributed by atoms with E-state index in [1.165, 1.54) is 22.9 Å². The van der Waals surface area contributed by atoms with E-state index in [0.29, 0.717) is 6.42 Å². The van der Waals surface area contributed by atoms with E-state index in [1.807, 2.05) is 30.3 Å². The number of amides is 1. The Morgan fingerprint density at radius 1 is 1.09 bits per heavy atom. The van der Waals surface area contributed by atoms with Crippen molar-refractivity contribution in [3.63, 3.8) is 0 Å². The number of esters is 1. The van der Waals surface area contributed by atoms with Crippen LogP contribution in [0.25, 0.3) is 0 Å². The summed E-state index contributed by atoms with van der Waals surface area (Å²) in [6.45, 7) is 0.117. The third kappa shape index (κ3) is 6.46. The predicted octanol–water partition coefficient (Wildman–Crippen LogP) is 5.41. The van der Waals surface area contributed by atoms with Crippen LogP contribution in [0.2, 0.25) is 0 Å². The zero-order valence-electron chi connectivity index (χ0n) is 18.9. The van der Waals surface area contributed by atoms with Crippen LogP contribution in [0, 0.1) is 5.92 Å². The summed E-state index contributed by atoms with van der Waals surface area (Å²) in [7, 11) is 0. The number of pyridine rings is 1. The monoisotopic (exact) mass is 486 g/mol. The summed E-state index contributed by atoms with van der Waals surface area (Å²) in [5, 5.41) is 2.65. The molecular weight excluding hydrogens is 461 g/mol. The molecule has 184 valence electrons. The van der Waals surface area contributed by atoms with E-state index in [1.54, 1.807) is 0 Å². The number of benzene rings is 1. The van der Waals surface area contributed by atoms with Gasteiger partial charge < -0.3 is 14.6 Å². The second-order valence-electron chi connectivity index (χ2n) is 8.59.